The summed E-state index contributed by atoms with van der Waals surface area (Å²) in [5.41, 5.74) is -1.00. The summed E-state index contributed by atoms with van der Waals surface area (Å²) < 4.78 is 38.2. The number of amides is 1. The lowest BCUT2D eigenvalue weighted by Crippen LogP contribution is -2.36. The molecular weight excluding hydrogens is 283 g/mol. The van der Waals surface area contributed by atoms with Crippen LogP contribution in [0.25, 0.3) is 0 Å². The fourth-order valence-electron chi connectivity index (χ4n) is 1.76. The summed E-state index contributed by atoms with van der Waals surface area (Å²) in [5.74, 6) is -0.171. The van der Waals surface area contributed by atoms with E-state index in [0.29, 0.717) is 12.2 Å². The van der Waals surface area contributed by atoms with E-state index >= 15 is 0 Å². The number of alkyl halides is 3. The molecule has 0 aliphatic rings. The van der Waals surface area contributed by atoms with Crippen LogP contribution in [0.1, 0.15) is 18.1 Å². The third-order valence-electron chi connectivity index (χ3n) is 3.00. The summed E-state index contributed by atoms with van der Waals surface area (Å²) in [5, 5.41) is 8.89. The van der Waals surface area contributed by atoms with Crippen molar-refractivity contribution in [2.75, 3.05) is 32.1 Å². The Morgan fingerprint density at radius 1 is 1.33 bits per heavy atom. The Bertz CT molecular complexity index is 562. The first kappa shape index (κ1) is 16.8. The summed E-state index contributed by atoms with van der Waals surface area (Å²) in [6.07, 6.45) is -4.57. The van der Waals surface area contributed by atoms with E-state index < -0.39 is 17.3 Å². The molecule has 7 heteroatoms. The lowest BCUT2D eigenvalue weighted by molar-refractivity contribution is -0.137. The van der Waals surface area contributed by atoms with Crippen LogP contribution < -0.4 is 4.90 Å². The van der Waals surface area contributed by atoms with Crippen molar-refractivity contribution in [3.8, 4) is 6.07 Å². The first-order chi connectivity index (χ1) is 9.70. The second-order valence-electron chi connectivity index (χ2n) is 4.64. The van der Waals surface area contributed by atoms with Crippen molar-refractivity contribution in [1.82, 2.24) is 4.90 Å². The highest BCUT2D eigenvalue weighted by atomic mass is 19.4. The maximum atomic E-state index is 12.7. The van der Waals surface area contributed by atoms with E-state index in [1.165, 1.54) is 11.0 Å². The Kier molecular flexibility index (Phi) is 5.19. The van der Waals surface area contributed by atoms with E-state index in [-0.39, 0.29) is 12.5 Å². The average Bonchev–Trinajstić information content (AvgIpc) is 2.42. The summed E-state index contributed by atoms with van der Waals surface area (Å²) in [6.45, 7) is 2.27. The zero-order valence-corrected chi connectivity index (χ0v) is 12.0. The van der Waals surface area contributed by atoms with Gasteiger partial charge >= 0.3 is 6.18 Å². The number of hydrogen-bond donors (Lipinski definition) is 0. The number of carbonyl (C=O) groups excluding carboxylic acids is 1. The Hall–Kier alpha value is -2.23. The first-order valence-corrected chi connectivity index (χ1v) is 6.27. The van der Waals surface area contributed by atoms with Crippen LogP contribution in [0, 0.1) is 11.3 Å². The van der Waals surface area contributed by atoms with E-state index in [4.69, 9.17) is 5.26 Å². The Morgan fingerprint density at radius 3 is 2.38 bits per heavy atom. The van der Waals surface area contributed by atoms with Gasteiger partial charge in [-0.2, -0.15) is 18.4 Å². The molecule has 0 heterocycles. The van der Waals surface area contributed by atoms with Crippen LogP contribution in [-0.2, 0) is 11.0 Å². The van der Waals surface area contributed by atoms with Gasteiger partial charge < -0.3 is 9.80 Å². The van der Waals surface area contributed by atoms with Gasteiger partial charge in [-0.05, 0) is 25.1 Å². The number of hydrogen-bond acceptors (Lipinski definition) is 3. The predicted molar refractivity (Wildman–Crippen MR) is 72.7 cm³/mol. The SMILES string of the molecule is CCN(CC(=O)N(C)C)c1ccc(C(F)(F)F)c(C#N)c1. The monoisotopic (exact) mass is 299 g/mol. The second-order valence-corrected chi connectivity index (χ2v) is 4.64. The normalized spacial score (nSPS) is 10.9. The van der Waals surface area contributed by atoms with Gasteiger partial charge in [-0.25, -0.2) is 0 Å². The fourth-order valence-corrected chi connectivity index (χ4v) is 1.76. The smallest absolute Gasteiger partial charge is 0.362 e. The molecule has 0 saturated heterocycles. The molecule has 0 aliphatic carbocycles. The van der Waals surface area contributed by atoms with Gasteiger partial charge in [0.2, 0.25) is 5.91 Å². The minimum atomic E-state index is -4.57. The van der Waals surface area contributed by atoms with E-state index in [2.05, 4.69) is 0 Å². The van der Waals surface area contributed by atoms with Gasteiger partial charge in [-0.1, -0.05) is 0 Å². The van der Waals surface area contributed by atoms with Crippen LogP contribution in [0.3, 0.4) is 0 Å². The third kappa shape index (κ3) is 4.12. The van der Waals surface area contributed by atoms with Crippen molar-refractivity contribution in [3.05, 3.63) is 29.3 Å². The minimum absolute atomic E-state index is 0.0414. The quantitative estimate of drug-likeness (QED) is 0.858. The van der Waals surface area contributed by atoms with Crippen LogP contribution in [-0.4, -0.2) is 38.0 Å². The van der Waals surface area contributed by atoms with E-state index in [1.807, 2.05) is 0 Å². The van der Waals surface area contributed by atoms with Crippen LogP contribution in [0.4, 0.5) is 18.9 Å². The Labute approximate surface area is 121 Å². The summed E-state index contributed by atoms with van der Waals surface area (Å²) in [4.78, 5) is 14.7. The van der Waals surface area contributed by atoms with Crippen LogP contribution in [0.2, 0.25) is 0 Å². The third-order valence-corrected chi connectivity index (χ3v) is 3.00. The Morgan fingerprint density at radius 2 is 1.95 bits per heavy atom. The molecule has 1 rings (SSSR count). The number of nitriles is 1. The van der Waals surface area contributed by atoms with Crippen molar-refractivity contribution in [1.29, 1.82) is 5.26 Å². The molecule has 0 aliphatic heterocycles. The number of nitrogens with zero attached hydrogens (tertiary/aromatic N) is 3. The largest absolute Gasteiger partial charge is 0.417 e. The van der Waals surface area contributed by atoms with Crippen molar-refractivity contribution < 1.29 is 18.0 Å². The molecule has 1 aromatic carbocycles. The number of benzene rings is 1. The number of likely N-dealkylation sites (N-methyl/N-ethyl adjacent to an activating group) is 2. The fraction of sp³-hybridized carbons (Fsp3) is 0.429. The van der Waals surface area contributed by atoms with Gasteiger partial charge in [0.15, 0.2) is 0 Å². The Balaban J connectivity index is 3.13. The van der Waals surface area contributed by atoms with Gasteiger partial charge in [-0.15, -0.1) is 0 Å². The summed E-state index contributed by atoms with van der Waals surface area (Å²) in [7, 11) is 3.20. The van der Waals surface area contributed by atoms with Gasteiger partial charge in [0.1, 0.15) is 0 Å². The molecule has 1 amide bonds. The van der Waals surface area contributed by atoms with Gasteiger partial charge in [0.05, 0.1) is 23.7 Å². The van der Waals surface area contributed by atoms with Crippen molar-refractivity contribution in [2.24, 2.45) is 0 Å². The first-order valence-electron chi connectivity index (χ1n) is 6.27. The molecule has 0 aromatic heterocycles. The molecule has 0 N–H and O–H groups in total. The molecule has 0 spiro atoms. The summed E-state index contributed by atoms with van der Waals surface area (Å²) in [6, 6.07) is 4.86. The van der Waals surface area contributed by atoms with Crippen LogP contribution >= 0.6 is 0 Å². The highest BCUT2D eigenvalue weighted by Crippen LogP contribution is 2.33. The molecule has 0 unspecified atom stereocenters. The van der Waals surface area contributed by atoms with Gasteiger partial charge in [-0.3, -0.25) is 4.79 Å². The molecule has 1 aromatic rings. The molecule has 114 valence electrons. The number of anilines is 1. The zero-order valence-electron chi connectivity index (χ0n) is 12.0. The maximum Gasteiger partial charge on any atom is 0.417 e. The second kappa shape index (κ2) is 6.48. The molecule has 0 atom stereocenters. The van der Waals surface area contributed by atoms with Gasteiger partial charge in [0, 0.05) is 26.3 Å². The van der Waals surface area contributed by atoms with Crippen molar-refractivity contribution in [2.45, 2.75) is 13.1 Å². The van der Waals surface area contributed by atoms with Crippen LogP contribution in [0.15, 0.2) is 18.2 Å². The molecule has 0 fully saturated rings. The lowest BCUT2D eigenvalue weighted by atomic mass is 10.1. The number of carbonyl (C=O) groups is 1. The molecule has 0 radical (unpaired) electrons. The van der Waals surface area contributed by atoms with Crippen molar-refractivity contribution in [3.63, 3.8) is 0 Å². The predicted octanol–water partition coefficient (Wildman–Crippen LogP) is 2.49. The molecular formula is C14H16F3N3O. The highest BCUT2D eigenvalue weighted by Gasteiger charge is 2.33. The van der Waals surface area contributed by atoms with E-state index in [1.54, 1.807) is 32.0 Å². The minimum Gasteiger partial charge on any atom is -0.362 e. The molecule has 0 bridgehead atoms. The topological polar surface area (TPSA) is 47.3 Å². The number of halogens is 3. The van der Waals surface area contributed by atoms with Crippen molar-refractivity contribution >= 4 is 11.6 Å². The molecule has 4 nitrogen and oxygen atoms in total. The van der Waals surface area contributed by atoms with E-state index in [9.17, 15) is 18.0 Å². The average molecular weight is 299 g/mol. The molecule has 21 heavy (non-hydrogen) atoms. The van der Waals surface area contributed by atoms with Gasteiger partial charge in [0.25, 0.3) is 0 Å². The highest BCUT2D eigenvalue weighted by molar-refractivity contribution is 5.81. The number of rotatable bonds is 4. The maximum absolute atomic E-state index is 12.7. The zero-order chi connectivity index (χ0) is 16.2. The summed E-state index contributed by atoms with van der Waals surface area (Å²) >= 11 is 0. The van der Waals surface area contributed by atoms with Crippen LogP contribution in [0.5, 0.6) is 0 Å². The lowest BCUT2D eigenvalue weighted by Gasteiger charge is -2.25. The molecule has 0 saturated carbocycles. The standard InChI is InChI=1S/C14H16F3N3O/c1-4-20(9-13(21)19(2)3)11-5-6-12(14(15,16)17)10(7-11)8-18/h5-7H,4,9H2,1-3H3. The van der Waals surface area contributed by atoms with E-state index in [0.717, 1.165) is 12.1 Å².